The predicted octanol–water partition coefficient (Wildman–Crippen LogP) is 5.55. The quantitative estimate of drug-likeness (QED) is 0.222. The number of carbonyl (C=O) groups excluding carboxylic acids is 3. The third-order valence-corrected chi connectivity index (χ3v) is 8.68. The molecule has 2 aliphatic heterocycles. The number of esters is 1. The molecule has 0 aromatic heterocycles. The van der Waals surface area contributed by atoms with Crippen molar-refractivity contribution in [3.63, 3.8) is 0 Å². The number of alkyl halides is 1. The number of methoxy groups -OCH3 is 1. The van der Waals surface area contributed by atoms with Gasteiger partial charge in [0.15, 0.2) is 11.5 Å². The molecule has 0 radical (unpaired) electrons. The summed E-state index contributed by atoms with van der Waals surface area (Å²) in [5.41, 5.74) is 3.84. The topological polar surface area (TPSA) is 120 Å². The van der Waals surface area contributed by atoms with Crippen LogP contribution in [0.25, 0.3) is 0 Å². The maximum Gasteiger partial charge on any atom is 0.329 e. The van der Waals surface area contributed by atoms with E-state index in [1.165, 1.54) is 43.5 Å². The molecule has 0 unspecified atom stereocenters. The van der Waals surface area contributed by atoms with Gasteiger partial charge in [-0.15, -0.1) is 0 Å². The zero-order valence-electron chi connectivity index (χ0n) is 23.5. The molecule has 3 aromatic rings. The Morgan fingerprint density at radius 3 is 2.51 bits per heavy atom. The largest absolute Gasteiger partial charge is 0.493 e. The van der Waals surface area contributed by atoms with Crippen molar-refractivity contribution in [1.29, 1.82) is 0 Å². The highest BCUT2D eigenvalue weighted by Gasteiger charge is 2.66. The molecule has 1 saturated heterocycles. The lowest BCUT2D eigenvalue weighted by Gasteiger charge is -2.38. The molecule has 3 aromatic carbocycles. The van der Waals surface area contributed by atoms with E-state index in [0.717, 1.165) is 0 Å². The highest BCUT2D eigenvalue weighted by Crippen LogP contribution is 2.57. The molecule has 43 heavy (non-hydrogen) atoms. The molecule has 12 heteroatoms. The SMILES string of the molecule is COc1cc(C(N)=O)ccc1OC(=O)[C@@H]1N[C@@H](CC(C)(C)CF)[C@@]2(C(=O)Nc3cc(Cl)ccc32)[C@H]1c1cccc(Cl)c1F. The molecular formula is C31H29Cl2F2N3O5. The highest BCUT2D eigenvalue weighted by molar-refractivity contribution is 6.31. The van der Waals surface area contributed by atoms with Crippen LogP contribution in [0, 0.1) is 11.2 Å². The van der Waals surface area contributed by atoms with Crippen molar-refractivity contribution in [2.45, 2.75) is 43.7 Å². The Morgan fingerprint density at radius 2 is 1.84 bits per heavy atom. The standard InChI is InChI=1S/C31H29Cl2F2N3O5/c1-30(2,14-34)13-23-31(18-9-8-16(32)12-20(18)37-29(31)41)24(17-5-4-6-19(33)25(17)35)26(38-23)28(40)43-21-10-7-15(27(36)39)11-22(21)42-3/h4-12,23-24,26,38H,13-14H2,1-3H3,(H2,36,39)(H,37,41)/t23-,24-,26+,31+/m0/s1. The van der Waals surface area contributed by atoms with E-state index in [4.69, 9.17) is 38.4 Å². The predicted molar refractivity (Wildman–Crippen MR) is 158 cm³/mol. The Bertz CT molecular complexity index is 1630. The average molecular weight is 632 g/mol. The zero-order chi connectivity index (χ0) is 31.3. The Labute approximate surface area is 256 Å². The van der Waals surface area contributed by atoms with Gasteiger partial charge in [-0.25, -0.2) is 9.18 Å². The number of hydrogen-bond acceptors (Lipinski definition) is 6. The normalized spacial score (nSPS) is 22.8. The Kier molecular flexibility index (Phi) is 8.15. The molecule has 2 heterocycles. The number of nitrogens with two attached hydrogens (primary N) is 1. The fourth-order valence-corrected chi connectivity index (χ4v) is 6.56. The van der Waals surface area contributed by atoms with Gasteiger partial charge in [-0.2, -0.15) is 0 Å². The lowest BCUT2D eigenvalue weighted by molar-refractivity contribution is -0.137. The van der Waals surface area contributed by atoms with Gasteiger partial charge >= 0.3 is 5.97 Å². The second-order valence-corrected chi connectivity index (χ2v) is 12.3. The van der Waals surface area contributed by atoms with E-state index in [1.54, 1.807) is 32.0 Å². The third kappa shape index (κ3) is 5.21. The monoisotopic (exact) mass is 631 g/mol. The molecule has 0 aliphatic carbocycles. The van der Waals surface area contributed by atoms with Gasteiger partial charge in [0.05, 0.1) is 18.8 Å². The number of carbonyl (C=O) groups is 3. The molecule has 1 spiro atoms. The van der Waals surface area contributed by atoms with Crippen LogP contribution in [0.2, 0.25) is 10.0 Å². The number of primary amides is 1. The van der Waals surface area contributed by atoms with E-state index < -0.39 is 59.1 Å². The molecule has 4 N–H and O–H groups in total. The summed E-state index contributed by atoms with van der Waals surface area (Å²) in [5, 5.41) is 6.23. The van der Waals surface area contributed by atoms with Gasteiger partial charge in [0.1, 0.15) is 17.3 Å². The van der Waals surface area contributed by atoms with Crippen molar-refractivity contribution >= 4 is 46.7 Å². The Hall–Kier alpha value is -3.73. The summed E-state index contributed by atoms with van der Waals surface area (Å²) >= 11 is 12.5. The van der Waals surface area contributed by atoms with Crippen LogP contribution in [0.15, 0.2) is 54.6 Å². The van der Waals surface area contributed by atoms with E-state index in [9.17, 15) is 18.8 Å². The van der Waals surface area contributed by atoms with Crippen molar-refractivity contribution < 1.29 is 32.6 Å². The van der Waals surface area contributed by atoms with Crippen LogP contribution in [0.1, 0.15) is 47.7 Å². The van der Waals surface area contributed by atoms with Gasteiger partial charge in [0, 0.05) is 28.2 Å². The summed E-state index contributed by atoms with van der Waals surface area (Å²) in [6.07, 6.45) is 0.0953. The molecule has 2 amide bonds. The Morgan fingerprint density at radius 1 is 1.09 bits per heavy atom. The van der Waals surface area contributed by atoms with Crippen molar-refractivity contribution in [2.75, 3.05) is 19.1 Å². The van der Waals surface area contributed by atoms with Gasteiger partial charge < -0.3 is 20.5 Å². The Balaban J connectivity index is 1.71. The van der Waals surface area contributed by atoms with E-state index in [-0.39, 0.29) is 34.1 Å². The first kappa shape index (κ1) is 30.7. The molecule has 5 rings (SSSR count). The number of hydrogen-bond donors (Lipinski definition) is 3. The zero-order valence-corrected chi connectivity index (χ0v) is 25.0. The van der Waals surface area contributed by atoms with Crippen LogP contribution in [0.5, 0.6) is 11.5 Å². The van der Waals surface area contributed by atoms with E-state index in [0.29, 0.717) is 16.3 Å². The molecule has 2 aliphatic rings. The summed E-state index contributed by atoms with van der Waals surface area (Å²) in [5.74, 6) is -4.08. The van der Waals surface area contributed by atoms with Gasteiger partial charge in [-0.05, 0) is 59.4 Å². The fraction of sp³-hybridized carbons (Fsp3) is 0.323. The fourth-order valence-electron chi connectivity index (χ4n) is 6.20. The van der Waals surface area contributed by atoms with E-state index >= 15 is 4.39 Å². The third-order valence-electron chi connectivity index (χ3n) is 8.15. The minimum Gasteiger partial charge on any atom is -0.493 e. The molecule has 4 atom stereocenters. The maximum atomic E-state index is 15.9. The lowest BCUT2D eigenvalue weighted by Crippen LogP contribution is -2.50. The van der Waals surface area contributed by atoms with Crippen molar-refractivity contribution in [2.24, 2.45) is 11.1 Å². The summed E-state index contributed by atoms with van der Waals surface area (Å²) < 4.78 is 41.2. The molecule has 226 valence electrons. The molecule has 8 nitrogen and oxygen atoms in total. The van der Waals surface area contributed by atoms with Crippen LogP contribution in [0.3, 0.4) is 0 Å². The summed E-state index contributed by atoms with van der Waals surface area (Å²) in [6, 6.07) is 11.0. The van der Waals surface area contributed by atoms with Gasteiger partial charge in [0.2, 0.25) is 11.8 Å². The minimum atomic E-state index is -1.60. The first-order chi connectivity index (χ1) is 20.3. The number of ether oxygens (including phenoxy) is 2. The van der Waals surface area contributed by atoms with E-state index in [1.807, 2.05) is 0 Å². The van der Waals surface area contributed by atoms with Crippen LogP contribution >= 0.6 is 23.2 Å². The second kappa shape index (κ2) is 11.4. The average Bonchev–Trinajstić information content (AvgIpc) is 3.44. The van der Waals surface area contributed by atoms with Gasteiger partial charge in [-0.3, -0.25) is 19.3 Å². The maximum absolute atomic E-state index is 15.9. The van der Waals surface area contributed by atoms with Crippen molar-refractivity contribution in [3.05, 3.63) is 87.2 Å². The number of nitrogens with one attached hydrogen (secondary N) is 2. The van der Waals surface area contributed by atoms with Crippen molar-refractivity contribution in [1.82, 2.24) is 5.32 Å². The summed E-state index contributed by atoms with van der Waals surface area (Å²) in [6.45, 7) is 2.68. The van der Waals surface area contributed by atoms with Crippen LogP contribution in [-0.4, -0.2) is 43.7 Å². The minimum absolute atomic E-state index is 0.00324. The smallest absolute Gasteiger partial charge is 0.329 e. The van der Waals surface area contributed by atoms with Crippen LogP contribution in [-0.2, 0) is 15.0 Å². The number of halogens is 4. The summed E-state index contributed by atoms with van der Waals surface area (Å²) in [7, 11) is 1.32. The van der Waals surface area contributed by atoms with Gasteiger partial charge in [-0.1, -0.05) is 55.2 Å². The molecule has 0 bridgehead atoms. The molecule has 0 saturated carbocycles. The number of fused-ring (bicyclic) bond motifs is 2. The highest BCUT2D eigenvalue weighted by atomic mass is 35.5. The first-order valence-corrected chi connectivity index (χ1v) is 14.2. The van der Waals surface area contributed by atoms with E-state index in [2.05, 4.69) is 10.6 Å². The van der Waals surface area contributed by atoms with Crippen LogP contribution in [0.4, 0.5) is 14.5 Å². The number of amides is 2. The van der Waals surface area contributed by atoms with Crippen LogP contribution < -0.4 is 25.8 Å². The first-order valence-electron chi connectivity index (χ1n) is 13.4. The number of benzene rings is 3. The summed E-state index contributed by atoms with van der Waals surface area (Å²) in [4.78, 5) is 39.9. The van der Waals surface area contributed by atoms with Gasteiger partial charge in [0.25, 0.3) is 0 Å². The molecular weight excluding hydrogens is 603 g/mol. The second-order valence-electron chi connectivity index (χ2n) is 11.5. The number of anilines is 1. The molecule has 1 fully saturated rings. The van der Waals surface area contributed by atoms with Crippen molar-refractivity contribution in [3.8, 4) is 11.5 Å². The lowest BCUT2D eigenvalue weighted by atomic mass is 9.62. The number of rotatable bonds is 8.